The molecule has 3 N–H and O–H groups in total. The number of H-pyrrole nitrogens is 1. The molecule has 2 aromatic rings. The van der Waals surface area contributed by atoms with Gasteiger partial charge in [-0.05, 0) is 49.8 Å². The maximum Gasteiger partial charge on any atom is 0.314 e. The van der Waals surface area contributed by atoms with E-state index in [2.05, 4.69) is 10.2 Å². The molecule has 29 heavy (non-hydrogen) atoms. The number of methoxy groups -OCH3 is 1. The highest BCUT2D eigenvalue weighted by atomic mass is 16.5. The Morgan fingerprint density at radius 2 is 2.21 bits per heavy atom. The molecule has 1 aliphatic carbocycles. The van der Waals surface area contributed by atoms with Crippen LogP contribution in [0.4, 0.5) is 0 Å². The third-order valence-corrected chi connectivity index (χ3v) is 6.16. The largest absolute Gasteiger partial charge is 0.497 e. The fourth-order valence-electron chi connectivity index (χ4n) is 4.50. The first-order valence-electron chi connectivity index (χ1n) is 9.84. The summed E-state index contributed by atoms with van der Waals surface area (Å²) in [7, 11) is 1.55. The molecule has 2 atom stereocenters. The van der Waals surface area contributed by atoms with Crippen LogP contribution in [0.2, 0.25) is 0 Å². The molecule has 0 saturated carbocycles. The number of piperidine rings is 1. The fourth-order valence-corrected chi connectivity index (χ4v) is 4.50. The van der Waals surface area contributed by atoms with Crippen LogP contribution in [0.15, 0.2) is 24.3 Å². The van der Waals surface area contributed by atoms with Gasteiger partial charge in [-0.2, -0.15) is 5.10 Å². The molecule has 1 aliphatic heterocycles. The second-order valence-corrected chi connectivity index (χ2v) is 7.90. The number of nitrogens with zero attached hydrogens (tertiary/aromatic N) is 2. The topological polar surface area (TPSA) is 116 Å². The van der Waals surface area contributed by atoms with Crippen molar-refractivity contribution in [3.8, 4) is 5.75 Å². The number of likely N-dealkylation sites (tertiary alicyclic amines) is 1. The molecular weight excluding hydrogens is 374 g/mol. The molecule has 154 valence electrons. The minimum Gasteiger partial charge on any atom is -0.497 e. The zero-order valence-corrected chi connectivity index (χ0v) is 16.4. The number of carbonyl (C=O) groups is 2. The number of aliphatic hydroxyl groups excluding tert-OH is 1. The highest BCUT2D eigenvalue weighted by Gasteiger charge is 2.50. The number of ether oxygens (including phenoxy) is 1. The summed E-state index contributed by atoms with van der Waals surface area (Å²) in [5.74, 6) is -0.765. The third-order valence-electron chi connectivity index (χ3n) is 6.16. The van der Waals surface area contributed by atoms with Crippen molar-refractivity contribution in [1.29, 1.82) is 0 Å². The number of benzene rings is 1. The van der Waals surface area contributed by atoms with Crippen LogP contribution in [0.5, 0.6) is 5.75 Å². The van der Waals surface area contributed by atoms with Crippen LogP contribution in [-0.2, 0) is 24.1 Å². The number of aromatic amines is 1. The monoisotopic (exact) mass is 399 g/mol. The van der Waals surface area contributed by atoms with Crippen LogP contribution in [0.25, 0.3) is 0 Å². The van der Waals surface area contributed by atoms with Gasteiger partial charge in [0.05, 0.1) is 13.2 Å². The standard InChI is InChI=1S/C21H25N3O5/c1-29-14-5-2-4-13(10-14)11-21(20(27)28)12-24(9-8-17(21)25)19(26)18-15-6-3-7-16(15)22-23-18/h2,4-5,10,17,25H,3,6-9,11-12H2,1H3,(H,22,23)(H,27,28)/t17-,21+/m0/s1. The van der Waals surface area contributed by atoms with Gasteiger partial charge in [0.1, 0.15) is 11.2 Å². The Balaban J connectivity index is 1.62. The number of aromatic nitrogens is 2. The second-order valence-electron chi connectivity index (χ2n) is 7.90. The Bertz CT molecular complexity index is 940. The molecule has 0 radical (unpaired) electrons. The van der Waals surface area contributed by atoms with Gasteiger partial charge < -0.3 is 19.8 Å². The van der Waals surface area contributed by atoms with Gasteiger partial charge in [0.15, 0.2) is 5.69 Å². The van der Waals surface area contributed by atoms with Crippen molar-refractivity contribution in [2.75, 3.05) is 20.2 Å². The Morgan fingerprint density at radius 1 is 1.38 bits per heavy atom. The van der Waals surface area contributed by atoms with E-state index in [4.69, 9.17) is 4.74 Å². The zero-order chi connectivity index (χ0) is 20.6. The van der Waals surface area contributed by atoms with E-state index in [1.54, 1.807) is 31.4 Å². The van der Waals surface area contributed by atoms with Crippen molar-refractivity contribution in [3.63, 3.8) is 0 Å². The Morgan fingerprint density at radius 3 is 2.97 bits per heavy atom. The zero-order valence-electron chi connectivity index (χ0n) is 16.4. The van der Waals surface area contributed by atoms with E-state index in [0.29, 0.717) is 18.0 Å². The van der Waals surface area contributed by atoms with Crippen LogP contribution < -0.4 is 4.74 Å². The predicted molar refractivity (Wildman–Crippen MR) is 104 cm³/mol. The van der Waals surface area contributed by atoms with Crippen molar-refractivity contribution >= 4 is 11.9 Å². The minimum atomic E-state index is -1.49. The van der Waals surface area contributed by atoms with Gasteiger partial charge in [0, 0.05) is 24.3 Å². The number of hydrogen-bond donors (Lipinski definition) is 3. The van der Waals surface area contributed by atoms with E-state index in [1.165, 1.54) is 4.90 Å². The second kappa shape index (κ2) is 7.51. The molecule has 1 saturated heterocycles. The van der Waals surface area contributed by atoms with Gasteiger partial charge in [-0.1, -0.05) is 12.1 Å². The lowest BCUT2D eigenvalue weighted by atomic mass is 9.72. The summed E-state index contributed by atoms with van der Waals surface area (Å²) in [4.78, 5) is 27.0. The number of carbonyl (C=O) groups excluding carboxylic acids is 1. The van der Waals surface area contributed by atoms with Gasteiger partial charge in [-0.15, -0.1) is 0 Å². The first-order valence-corrected chi connectivity index (χ1v) is 9.84. The molecule has 0 unspecified atom stereocenters. The first-order chi connectivity index (χ1) is 13.9. The number of carboxylic acids is 1. The Kier molecular flexibility index (Phi) is 5.04. The minimum absolute atomic E-state index is 0.0683. The number of hydrogen-bond acceptors (Lipinski definition) is 5. The maximum atomic E-state index is 13.1. The quantitative estimate of drug-likeness (QED) is 0.700. The molecule has 1 aromatic carbocycles. The average molecular weight is 399 g/mol. The van der Waals surface area contributed by atoms with Crippen molar-refractivity contribution in [1.82, 2.24) is 15.1 Å². The van der Waals surface area contributed by atoms with Crippen LogP contribution in [0.1, 0.15) is 40.2 Å². The summed E-state index contributed by atoms with van der Waals surface area (Å²) >= 11 is 0. The number of aliphatic hydroxyl groups is 1. The van der Waals surface area contributed by atoms with Crippen molar-refractivity contribution < 1.29 is 24.5 Å². The normalized spacial score (nSPS) is 23.7. The number of nitrogens with one attached hydrogen (secondary N) is 1. The van der Waals surface area contributed by atoms with Crippen molar-refractivity contribution in [2.45, 2.75) is 38.2 Å². The third kappa shape index (κ3) is 3.37. The van der Waals surface area contributed by atoms with E-state index in [1.807, 2.05) is 0 Å². The molecular formula is C21H25N3O5. The maximum absolute atomic E-state index is 13.1. The number of amides is 1. The number of aryl methyl sites for hydroxylation is 1. The average Bonchev–Trinajstić information content (AvgIpc) is 3.33. The molecule has 0 spiro atoms. The van der Waals surface area contributed by atoms with E-state index in [-0.39, 0.29) is 25.3 Å². The summed E-state index contributed by atoms with van der Waals surface area (Å²) in [5, 5.41) is 27.9. The van der Waals surface area contributed by atoms with Crippen LogP contribution in [-0.4, -0.2) is 63.5 Å². The summed E-state index contributed by atoms with van der Waals surface area (Å²) in [5.41, 5.74) is 1.57. The summed E-state index contributed by atoms with van der Waals surface area (Å²) in [6.45, 7) is 0.232. The molecule has 1 aromatic heterocycles. The first kappa shape index (κ1) is 19.4. The molecule has 8 heteroatoms. The van der Waals surface area contributed by atoms with Crippen LogP contribution >= 0.6 is 0 Å². The van der Waals surface area contributed by atoms with Crippen LogP contribution in [0.3, 0.4) is 0 Å². The van der Waals surface area contributed by atoms with Gasteiger partial charge in [0.25, 0.3) is 5.91 Å². The van der Waals surface area contributed by atoms with Gasteiger partial charge in [0.2, 0.25) is 0 Å². The van der Waals surface area contributed by atoms with Crippen LogP contribution in [0, 0.1) is 5.41 Å². The summed E-state index contributed by atoms with van der Waals surface area (Å²) in [6.07, 6.45) is 1.91. The van der Waals surface area contributed by atoms with Gasteiger partial charge in [-0.25, -0.2) is 0 Å². The van der Waals surface area contributed by atoms with Crippen molar-refractivity contribution in [3.05, 3.63) is 46.8 Å². The van der Waals surface area contributed by atoms with E-state index in [0.717, 1.165) is 36.1 Å². The fraction of sp³-hybridized carbons (Fsp3) is 0.476. The van der Waals surface area contributed by atoms with Gasteiger partial charge in [-0.3, -0.25) is 14.7 Å². The molecule has 4 rings (SSSR count). The van der Waals surface area contributed by atoms with E-state index in [9.17, 15) is 19.8 Å². The number of carboxylic acid groups (broad SMARTS) is 1. The molecule has 0 bridgehead atoms. The van der Waals surface area contributed by atoms with Crippen molar-refractivity contribution in [2.24, 2.45) is 5.41 Å². The highest BCUT2D eigenvalue weighted by Crippen LogP contribution is 2.36. The highest BCUT2D eigenvalue weighted by molar-refractivity contribution is 5.94. The number of rotatable bonds is 5. The summed E-state index contributed by atoms with van der Waals surface area (Å²) in [6, 6.07) is 7.14. The molecule has 8 nitrogen and oxygen atoms in total. The Labute approximate surface area is 168 Å². The SMILES string of the molecule is COc1cccc(C[C@@]2(C(=O)O)CN(C(=O)c3n[nH]c4c3CCC4)CC[C@@H]2O)c1. The van der Waals surface area contributed by atoms with E-state index < -0.39 is 17.5 Å². The van der Waals surface area contributed by atoms with Gasteiger partial charge >= 0.3 is 5.97 Å². The number of fused-ring (bicyclic) bond motifs is 1. The molecule has 2 aliphatic rings. The molecule has 1 amide bonds. The molecule has 1 fully saturated rings. The smallest absolute Gasteiger partial charge is 0.314 e. The summed E-state index contributed by atoms with van der Waals surface area (Å²) < 4.78 is 5.23. The predicted octanol–water partition coefficient (Wildman–Crippen LogP) is 1.43. The Hall–Kier alpha value is -2.87. The lowest BCUT2D eigenvalue weighted by Crippen LogP contribution is -2.58. The molecule has 2 heterocycles. The number of aliphatic carboxylic acids is 1. The lowest BCUT2D eigenvalue weighted by molar-refractivity contribution is -0.161. The lowest BCUT2D eigenvalue weighted by Gasteiger charge is -2.43. The van der Waals surface area contributed by atoms with E-state index >= 15 is 0 Å².